The minimum atomic E-state index is -0.611. The number of rotatable bonds is 2. The molecule has 1 aromatic carbocycles. The summed E-state index contributed by atoms with van der Waals surface area (Å²) in [6.45, 7) is 7.95. The summed E-state index contributed by atoms with van der Waals surface area (Å²) in [5.74, 6) is 1.16. The van der Waals surface area contributed by atoms with Crippen LogP contribution in [-0.4, -0.2) is 45.4 Å². The SMILES string of the molecule is CCC(C)(C)N1CC[C@]23c4c5ccc(O)c4O[C@H]2[C@@H](O)C=C[C@H]3[C@H]1C5. The van der Waals surface area contributed by atoms with Crippen molar-refractivity contribution < 1.29 is 14.9 Å². The van der Waals surface area contributed by atoms with Crippen LogP contribution in [0.2, 0.25) is 0 Å². The predicted octanol–water partition coefficient (Wildman–Crippen LogP) is 2.76. The lowest BCUT2D eigenvalue weighted by molar-refractivity contribution is -0.0790. The number of hydrogen-bond donors (Lipinski definition) is 2. The van der Waals surface area contributed by atoms with E-state index in [0.29, 0.717) is 17.7 Å². The molecule has 1 spiro atoms. The highest BCUT2D eigenvalue weighted by Gasteiger charge is 2.65. The zero-order valence-electron chi connectivity index (χ0n) is 15.2. The number of hydrogen-bond acceptors (Lipinski definition) is 4. The second kappa shape index (κ2) is 4.80. The fourth-order valence-corrected chi connectivity index (χ4v) is 6.01. The lowest BCUT2D eigenvalue weighted by Crippen LogP contribution is -2.68. The van der Waals surface area contributed by atoms with Gasteiger partial charge in [-0.2, -0.15) is 0 Å². The number of phenols is 1. The van der Waals surface area contributed by atoms with Crippen LogP contribution in [0.15, 0.2) is 24.3 Å². The van der Waals surface area contributed by atoms with Crippen molar-refractivity contribution in [2.75, 3.05) is 6.54 Å². The van der Waals surface area contributed by atoms with Crippen molar-refractivity contribution in [1.29, 1.82) is 0 Å². The van der Waals surface area contributed by atoms with Gasteiger partial charge >= 0.3 is 0 Å². The maximum atomic E-state index is 10.6. The minimum Gasteiger partial charge on any atom is -0.504 e. The molecule has 2 N–H and O–H groups in total. The molecule has 4 aliphatic rings. The summed E-state index contributed by atoms with van der Waals surface area (Å²) in [4.78, 5) is 2.68. The van der Waals surface area contributed by atoms with Gasteiger partial charge in [-0.1, -0.05) is 25.1 Å². The standard InChI is InChI=1S/C21H27NO3/c1-4-20(2,3)22-10-9-21-13-6-8-16(24)19(21)25-18-15(23)7-5-12(17(18)21)11-14(13)22/h5-8,13-14,16,19,23-24H,4,9-11H2,1-3H3/t13-,14+,16-,19-,21-/m0/s1. The Morgan fingerprint density at radius 3 is 2.88 bits per heavy atom. The molecule has 2 bridgehead atoms. The number of nitrogens with zero attached hydrogens (tertiary/aromatic N) is 1. The molecular formula is C21H27NO3. The largest absolute Gasteiger partial charge is 0.504 e. The Morgan fingerprint density at radius 2 is 2.12 bits per heavy atom. The number of piperidine rings is 1. The van der Waals surface area contributed by atoms with Gasteiger partial charge in [0.05, 0.1) is 0 Å². The summed E-state index contributed by atoms with van der Waals surface area (Å²) >= 11 is 0. The van der Waals surface area contributed by atoms with E-state index in [9.17, 15) is 10.2 Å². The van der Waals surface area contributed by atoms with Crippen LogP contribution >= 0.6 is 0 Å². The molecule has 1 fully saturated rings. The third kappa shape index (κ3) is 1.75. The quantitative estimate of drug-likeness (QED) is 0.812. The Morgan fingerprint density at radius 1 is 1.32 bits per heavy atom. The molecule has 2 aliphatic heterocycles. The molecule has 0 radical (unpaired) electrons. The second-order valence-electron chi connectivity index (χ2n) is 8.81. The van der Waals surface area contributed by atoms with E-state index in [4.69, 9.17) is 4.74 Å². The van der Waals surface area contributed by atoms with Gasteiger partial charge < -0.3 is 14.9 Å². The van der Waals surface area contributed by atoms with E-state index in [-0.39, 0.29) is 22.8 Å². The lowest BCUT2D eigenvalue weighted by atomic mass is 9.53. The van der Waals surface area contributed by atoms with Crippen molar-refractivity contribution in [3.63, 3.8) is 0 Å². The molecule has 1 aromatic rings. The smallest absolute Gasteiger partial charge is 0.165 e. The highest BCUT2D eigenvalue weighted by molar-refractivity contribution is 5.61. The molecule has 0 amide bonds. The number of benzene rings is 1. The number of phenolic OH excluding ortho intramolecular Hbond substituents is 1. The summed E-state index contributed by atoms with van der Waals surface area (Å²) < 4.78 is 6.20. The topological polar surface area (TPSA) is 52.9 Å². The summed E-state index contributed by atoms with van der Waals surface area (Å²) in [5.41, 5.74) is 2.43. The van der Waals surface area contributed by atoms with Crippen LogP contribution in [0.1, 0.15) is 44.7 Å². The molecule has 134 valence electrons. The fraction of sp³-hybridized carbons (Fsp3) is 0.619. The average molecular weight is 341 g/mol. The Balaban J connectivity index is 1.73. The summed E-state index contributed by atoms with van der Waals surface area (Å²) in [6, 6.07) is 4.24. The van der Waals surface area contributed by atoms with Crippen LogP contribution in [-0.2, 0) is 11.8 Å². The van der Waals surface area contributed by atoms with Crippen LogP contribution in [0.25, 0.3) is 0 Å². The van der Waals surface area contributed by atoms with Crippen LogP contribution in [0, 0.1) is 5.92 Å². The van der Waals surface area contributed by atoms with Gasteiger partial charge in [0.2, 0.25) is 0 Å². The molecule has 5 atom stereocenters. The van der Waals surface area contributed by atoms with Gasteiger partial charge in [0.25, 0.3) is 0 Å². The number of aliphatic hydroxyl groups excluding tert-OH is 1. The maximum absolute atomic E-state index is 10.6. The van der Waals surface area contributed by atoms with E-state index in [2.05, 4.69) is 37.8 Å². The second-order valence-corrected chi connectivity index (χ2v) is 8.81. The summed E-state index contributed by atoms with van der Waals surface area (Å²) in [6.07, 6.45) is 6.32. The molecule has 2 aliphatic carbocycles. The van der Waals surface area contributed by atoms with Gasteiger partial charge in [-0.25, -0.2) is 0 Å². The van der Waals surface area contributed by atoms with Crippen LogP contribution in [0.4, 0.5) is 0 Å². The van der Waals surface area contributed by atoms with E-state index in [1.165, 1.54) is 11.1 Å². The Hall–Kier alpha value is -1.52. The van der Waals surface area contributed by atoms with Gasteiger partial charge in [0, 0.05) is 35.0 Å². The van der Waals surface area contributed by atoms with Gasteiger partial charge in [-0.15, -0.1) is 0 Å². The lowest BCUT2D eigenvalue weighted by Gasteiger charge is -2.60. The van der Waals surface area contributed by atoms with E-state index < -0.39 is 6.10 Å². The van der Waals surface area contributed by atoms with E-state index in [1.54, 1.807) is 6.07 Å². The fourth-order valence-electron chi connectivity index (χ4n) is 6.01. The zero-order valence-corrected chi connectivity index (χ0v) is 15.2. The van der Waals surface area contributed by atoms with Gasteiger partial charge in [-0.05, 0) is 44.7 Å². The monoisotopic (exact) mass is 341 g/mol. The van der Waals surface area contributed by atoms with Gasteiger partial charge in [0.15, 0.2) is 11.5 Å². The predicted molar refractivity (Wildman–Crippen MR) is 96.0 cm³/mol. The first-order chi connectivity index (χ1) is 11.9. The Bertz CT molecular complexity index is 771. The summed E-state index contributed by atoms with van der Waals surface area (Å²) in [5, 5.41) is 21.0. The molecule has 0 aromatic heterocycles. The van der Waals surface area contributed by atoms with E-state index >= 15 is 0 Å². The van der Waals surface area contributed by atoms with Gasteiger partial charge in [-0.3, -0.25) is 4.90 Å². The van der Waals surface area contributed by atoms with Crippen LogP contribution < -0.4 is 4.74 Å². The van der Waals surface area contributed by atoms with Crippen molar-refractivity contribution in [3.05, 3.63) is 35.4 Å². The number of aromatic hydroxyl groups is 1. The number of aliphatic hydroxyl groups is 1. The molecule has 1 saturated heterocycles. The Labute approximate surface area is 149 Å². The average Bonchev–Trinajstić information content (AvgIpc) is 2.93. The molecular weight excluding hydrogens is 314 g/mol. The van der Waals surface area contributed by atoms with Crippen LogP contribution in [0.3, 0.4) is 0 Å². The highest BCUT2D eigenvalue weighted by atomic mass is 16.5. The number of likely N-dealkylation sites (tertiary alicyclic amines) is 1. The Kier molecular flexibility index (Phi) is 3.02. The maximum Gasteiger partial charge on any atom is 0.165 e. The van der Waals surface area contributed by atoms with Crippen molar-refractivity contribution in [1.82, 2.24) is 4.90 Å². The first-order valence-corrected chi connectivity index (χ1v) is 9.55. The normalized spacial score (nSPS) is 38.4. The molecule has 2 heterocycles. The van der Waals surface area contributed by atoms with Crippen molar-refractivity contribution in [2.24, 2.45) is 5.92 Å². The molecule has 0 saturated carbocycles. The van der Waals surface area contributed by atoms with E-state index in [1.807, 2.05) is 6.08 Å². The van der Waals surface area contributed by atoms with E-state index in [0.717, 1.165) is 25.8 Å². The highest BCUT2D eigenvalue weighted by Crippen LogP contribution is 2.63. The molecule has 4 heteroatoms. The van der Waals surface area contributed by atoms with Gasteiger partial charge in [0.1, 0.15) is 12.2 Å². The zero-order chi connectivity index (χ0) is 17.6. The van der Waals surface area contributed by atoms with Crippen molar-refractivity contribution >= 4 is 0 Å². The molecule has 4 nitrogen and oxygen atoms in total. The minimum absolute atomic E-state index is 0.155. The molecule has 5 rings (SSSR count). The third-order valence-corrected chi connectivity index (χ3v) is 7.51. The summed E-state index contributed by atoms with van der Waals surface area (Å²) in [7, 11) is 0. The van der Waals surface area contributed by atoms with Crippen LogP contribution in [0.5, 0.6) is 11.5 Å². The first-order valence-electron chi connectivity index (χ1n) is 9.55. The third-order valence-electron chi connectivity index (χ3n) is 7.51. The first kappa shape index (κ1) is 15.7. The van der Waals surface area contributed by atoms with Crippen molar-refractivity contribution in [3.8, 4) is 11.5 Å². The molecule has 0 unspecified atom stereocenters. The number of ether oxygens (including phenoxy) is 1. The molecule has 25 heavy (non-hydrogen) atoms. The van der Waals surface area contributed by atoms with Crippen molar-refractivity contribution in [2.45, 2.75) is 69.2 Å².